The second-order valence-corrected chi connectivity index (χ2v) is 6.83. The Labute approximate surface area is 145 Å². The lowest BCUT2D eigenvalue weighted by atomic mass is 10.0. The van der Waals surface area contributed by atoms with E-state index in [9.17, 15) is 9.18 Å². The summed E-state index contributed by atoms with van der Waals surface area (Å²) < 4.78 is 20.7. The molecule has 24 heavy (non-hydrogen) atoms. The van der Waals surface area contributed by atoms with Crippen molar-refractivity contribution in [3.05, 3.63) is 46.5 Å². The first-order valence-electron chi connectivity index (χ1n) is 7.78. The van der Waals surface area contributed by atoms with Crippen LogP contribution in [0.3, 0.4) is 0 Å². The van der Waals surface area contributed by atoms with Crippen molar-refractivity contribution in [2.75, 3.05) is 18.1 Å². The summed E-state index contributed by atoms with van der Waals surface area (Å²) in [5.41, 5.74) is 1.57. The van der Waals surface area contributed by atoms with Gasteiger partial charge in [-0.1, -0.05) is 11.6 Å². The molecule has 2 aromatic rings. The van der Waals surface area contributed by atoms with E-state index in [0.29, 0.717) is 25.4 Å². The number of fused-ring (bicyclic) bond motifs is 1. The maximum atomic E-state index is 13.8. The van der Waals surface area contributed by atoms with Gasteiger partial charge in [-0.05, 0) is 45.0 Å². The van der Waals surface area contributed by atoms with Crippen LogP contribution >= 0.6 is 11.6 Å². The predicted octanol–water partition coefficient (Wildman–Crippen LogP) is 3.61. The van der Waals surface area contributed by atoms with E-state index in [1.807, 2.05) is 23.4 Å². The highest BCUT2D eigenvalue weighted by molar-refractivity contribution is 6.30. The number of esters is 1. The minimum atomic E-state index is -0.446. The number of anilines is 1. The number of rotatable bonds is 3. The van der Waals surface area contributed by atoms with Crippen molar-refractivity contribution in [2.45, 2.75) is 32.9 Å². The summed E-state index contributed by atoms with van der Waals surface area (Å²) in [6.07, 6.45) is 0. The van der Waals surface area contributed by atoms with Crippen LogP contribution in [0.2, 0.25) is 5.02 Å². The molecule has 1 aliphatic heterocycles. The third-order valence-electron chi connectivity index (χ3n) is 4.04. The molecule has 0 radical (unpaired) electrons. The number of nitrogens with zero attached hydrogens (tertiary/aromatic N) is 3. The summed E-state index contributed by atoms with van der Waals surface area (Å²) in [6.45, 7) is 7.27. The van der Waals surface area contributed by atoms with Crippen molar-refractivity contribution >= 4 is 23.3 Å². The zero-order valence-corrected chi connectivity index (χ0v) is 14.6. The first kappa shape index (κ1) is 16.8. The smallest absolute Gasteiger partial charge is 0.358 e. The topological polar surface area (TPSA) is 47.4 Å². The summed E-state index contributed by atoms with van der Waals surface area (Å²) >= 11 is 5.77. The quantitative estimate of drug-likeness (QED) is 0.793. The molecular formula is C17H19ClFN3O2. The van der Waals surface area contributed by atoms with Crippen LogP contribution in [0, 0.1) is 5.82 Å². The highest BCUT2D eigenvalue weighted by Crippen LogP contribution is 2.31. The number of carbonyl (C=O) groups excluding carboxylic acids is 1. The molecule has 0 unspecified atom stereocenters. The molecular weight excluding hydrogens is 333 g/mol. The number of hydrogen-bond donors (Lipinski definition) is 0. The third-order valence-corrected chi connectivity index (χ3v) is 4.35. The van der Waals surface area contributed by atoms with Gasteiger partial charge in [-0.25, -0.2) is 9.18 Å². The van der Waals surface area contributed by atoms with Gasteiger partial charge in [0.1, 0.15) is 5.82 Å². The number of hydrogen-bond acceptors (Lipinski definition) is 4. The molecule has 0 saturated heterocycles. The Hall–Kier alpha value is -2.08. The molecule has 7 heteroatoms. The number of benzene rings is 1. The number of carbonyl (C=O) groups is 1. The molecule has 0 N–H and O–H groups in total. The minimum absolute atomic E-state index is 0.102. The van der Waals surface area contributed by atoms with Crippen LogP contribution in [0.1, 0.15) is 37.0 Å². The number of halogens is 2. The van der Waals surface area contributed by atoms with Crippen LogP contribution in [0.15, 0.2) is 24.3 Å². The molecule has 0 saturated carbocycles. The van der Waals surface area contributed by atoms with E-state index in [1.165, 1.54) is 6.07 Å². The summed E-state index contributed by atoms with van der Waals surface area (Å²) in [5.74, 6) is -0.877. The van der Waals surface area contributed by atoms with Crippen LogP contribution in [-0.2, 0) is 16.8 Å². The molecule has 0 atom stereocenters. The summed E-state index contributed by atoms with van der Waals surface area (Å²) in [4.78, 5) is 14.0. The van der Waals surface area contributed by atoms with Crippen molar-refractivity contribution in [1.82, 2.24) is 9.78 Å². The van der Waals surface area contributed by atoms with E-state index in [1.54, 1.807) is 25.1 Å². The van der Waals surface area contributed by atoms with E-state index in [-0.39, 0.29) is 10.6 Å². The molecule has 1 aromatic carbocycles. The van der Waals surface area contributed by atoms with E-state index >= 15 is 0 Å². The Bertz CT molecular complexity index is 788. The molecule has 0 fully saturated rings. The molecule has 2 heterocycles. The Balaban J connectivity index is 1.94. The van der Waals surface area contributed by atoms with Gasteiger partial charge in [-0.3, -0.25) is 4.68 Å². The molecule has 0 amide bonds. The van der Waals surface area contributed by atoms with Gasteiger partial charge in [-0.2, -0.15) is 5.10 Å². The van der Waals surface area contributed by atoms with Gasteiger partial charge in [0, 0.05) is 12.2 Å². The molecule has 5 nitrogen and oxygen atoms in total. The van der Waals surface area contributed by atoms with Gasteiger partial charge in [0.25, 0.3) is 0 Å². The van der Waals surface area contributed by atoms with Gasteiger partial charge >= 0.3 is 5.97 Å². The second kappa shape index (κ2) is 6.09. The highest BCUT2D eigenvalue weighted by Gasteiger charge is 2.34. The van der Waals surface area contributed by atoms with Gasteiger partial charge in [0.05, 0.1) is 29.4 Å². The van der Waals surface area contributed by atoms with Crippen LogP contribution in [0.4, 0.5) is 10.1 Å². The fraction of sp³-hybridized carbons (Fsp3) is 0.412. The van der Waals surface area contributed by atoms with E-state index in [2.05, 4.69) is 5.10 Å². The van der Waals surface area contributed by atoms with Crippen molar-refractivity contribution in [2.24, 2.45) is 0 Å². The van der Waals surface area contributed by atoms with Crippen LogP contribution in [0.25, 0.3) is 0 Å². The van der Waals surface area contributed by atoms with Crippen molar-refractivity contribution < 1.29 is 13.9 Å². The van der Waals surface area contributed by atoms with Crippen LogP contribution in [0.5, 0.6) is 0 Å². The lowest BCUT2D eigenvalue weighted by Crippen LogP contribution is -2.47. The second-order valence-electron chi connectivity index (χ2n) is 6.42. The molecule has 1 aliphatic rings. The van der Waals surface area contributed by atoms with Crippen LogP contribution in [-0.4, -0.2) is 28.9 Å². The standard InChI is InChI=1S/C17H19ClFN3O2/c1-4-24-16(23)15-8-12-9-21(10-17(2,3)22(12)20-15)11-5-6-13(18)14(19)7-11/h5-8H,4,9-10H2,1-3H3. The molecule has 128 valence electrons. The fourth-order valence-corrected chi connectivity index (χ4v) is 3.13. The van der Waals surface area contributed by atoms with Crippen molar-refractivity contribution in [1.29, 1.82) is 0 Å². The summed E-state index contributed by atoms with van der Waals surface area (Å²) in [6, 6.07) is 6.50. The first-order valence-corrected chi connectivity index (χ1v) is 8.16. The van der Waals surface area contributed by atoms with Gasteiger partial charge in [-0.15, -0.1) is 0 Å². The van der Waals surface area contributed by atoms with Gasteiger partial charge < -0.3 is 9.64 Å². The van der Waals surface area contributed by atoms with Gasteiger partial charge in [0.15, 0.2) is 5.69 Å². The summed E-state index contributed by atoms with van der Waals surface area (Å²) in [7, 11) is 0. The maximum Gasteiger partial charge on any atom is 0.358 e. The highest BCUT2D eigenvalue weighted by atomic mass is 35.5. The Morgan fingerprint density at radius 2 is 2.17 bits per heavy atom. The lowest BCUT2D eigenvalue weighted by Gasteiger charge is -2.40. The SMILES string of the molecule is CCOC(=O)c1cc2n(n1)C(C)(C)CN(c1ccc(Cl)c(F)c1)C2. The summed E-state index contributed by atoms with van der Waals surface area (Å²) in [5, 5.41) is 4.50. The third kappa shape index (κ3) is 2.98. The average molecular weight is 352 g/mol. The Kier molecular flexibility index (Phi) is 4.25. The molecule has 0 spiro atoms. The zero-order valence-electron chi connectivity index (χ0n) is 13.8. The lowest BCUT2D eigenvalue weighted by molar-refractivity contribution is 0.0517. The first-order chi connectivity index (χ1) is 11.3. The number of ether oxygens (including phenoxy) is 1. The predicted molar refractivity (Wildman–Crippen MR) is 90.0 cm³/mol. The Morgan fingerprint density at radius 1 is 1.42 bits per heavy atom. The monoisotopic (exact) mass is 351 g/mol. The maximum absolute atomic E-state index is 13.8. The van der Waals surface area contributed by atoms with Crippen molar-refractivity contribution in [3.8, 4) is 0 Å². The van der Waals surface area contributed by atoms with Crippen LogP contribution < -0.4 is 4.90 Å². The molecule has 3 rings (SSSR count). The minimum Gasteiger partial charge on any atom is -0.461 e. The van der Waals surface area contributed by atoms with E-state index < -0.39 is 11.8 Å². The Morgan fingerprint density at radius 3 is 2.83 bits per heavy atom. The van der Waals surface area contributed by atoms with E-state index in [4.69, 9.17) is 16.3 Å². The number of aromatic nitrogens is 2. The largest absolute Gasteiger partial charge is 0.461 e. The molecule has 0 bridgehead atoms. The average Bonchev–Trinajstić information content (AvgIpc) is 2.95. The normalized spacial score (nSPS) is 16.0. The van der Waals surface area contributed by atoms with E-state index in [0.717, 1.165) is 11.4 Å². The van der Waals surface area contributed by atoms with Crippen molar-refractivity contribution in [3.63, 3.8) is 0 Å². The van der Waals surface area contributed by atoms with Gasteiger partial charge in [0.2, 0.25) is 0 Å². The fourth-order valence-electron chi connectivity index (χ4n) is 3.01. The molecule has 1 aromatic heterocycles. The zero-order chi connectivity index (χ0) is 17.5. The molecule has 0 aliphatic carbocycles.